The maximum absolute atomic E-state index is 12.5. The first-order chi connectivity index (χ1) is 10.1. The van der Waals surface area contributed by atoms with Crippen molar-refractivity contribution in [3.63, 3.8) is 0 Å². The van der Waals surface area contributed by atoms with Crippen molar-refractivity contribution in [2.75, 3.05) is 0 Å². The zero-order valence-electron chi connectivity index (χ0n) is 11.4. The molecule has 1 aromatic heterocycles. The molecule has 2 aromatic rings. The van der Waals surface area contributed by atoms with Crippen molar-refractivity contribution in [3.8, 4) is 0 Å². The summed E-state index contributed by atoms with van der Waals surface area (Å²) < 4.78 is 5.10. The zero-order valence-corrected chi connectivity index (χ0v) is 11.4. The van der Waals surface area contributed by atoms with E-state index in [0.29, 0.717) is 12.1 Å². The van der Waals surface area contributed by atoms with Crippen LogP contribution >= 0.6 is 0 Å². The molecule has 2 heterocycles. The number of carboxylic acids is 1. The average Bonchev–Trinajstić information content (AvgIpc) is 2.91. The Labute approximate surface area is 121 Å². The summed E-state index contributed by atoms with van der Waals surface area (Å²) in [4.78, 5) is 29.2. The molecule has 0 spiro atoms. The highest BCUT2D eigenvalue weighted by atomic mass is 16.4. The van der Waals surface area contributed by atoms with Gasteiger partial charge in [0.2, 0.25) is 5.76 Å². The molecule has 0 unspecified atom stereocenters. The first-order valence-electron chi connectivity index (χ1n) is 6.58. The molecule has 0 saturated carbocycles. The lowest BCUT2D eigenvalue weighted by Gasteiger charge is -2.33. The quantitative estimate of drug-likeness (QED) is 0.907. The van der Waals surface area contributed by atoms with E-state index in [1.807, 2.05) is 24.3 Å². The largest absolute Gasteiger partial charge is 0.480 e. The Hall–Kier alpha value is -2.63. The molecular weight excluding hydrogens is 272 g/mol. The summed E-state index contributed by atoms with van der Waals surface area (Å²) in [7, 11) is 0. The van der Waals surface area contributed by atoms with Crippen molar-refractivity contribution < 1.29 is 19.1 Å². The minimum Gasteiger partial charge on any atom is -0.480 e. The average molecular weight is 286 g/mol. The molecule has 108 valence electrons. The molecule has 0 fully saturated rings. The Morgan fingerprint density at radius 1 is 1.33 bits per heavy atom. The van der Waals surface area contributed by atoms with Crippen LogP contribution in [0.1, 0.15) is 27.4 Å². The van der Waals surface area contributed by atoms with Crippen molar-refractivity contribution in [3.05, 3.63) is 53.2 Å². The van der Waals surface area contributed by atoms with Gasteiger partial charge in [-0.1, -0.05) is 24.3 Å². The summed E-state index contributed by atoms with van der Waals surface area (Å²) in [5.41, 5.74) is 2.38. The maximum atomic E-state index is 12.5. The van der Waals surface area contributed by atoms with E-state index in [1.165, 1.54) is 11.3 Å². The van der Waals surface area contributed by atoms with Gasteiger partial charge in [-0.15, -0.1) is 0 Å². The Bertz CT molecular complexity index is 707. The smallest absolute Gasteiger partial charge is 0.326 e. The minimum absolute atomic E-state index is 0.0978. The summed E-state index contributed by atoms with van der Waals surface area (Å²) in [5, 5.41) is 9.41. The number of carboxylic acid groups (broad SMARTS) is 1. The number of hydrogen-bond donors (Lipinski definition) is 1. The van der Waals surface area contributed by atoms with Crippen LogP contribution in [0.5, 0.6) is 0 Å². The highest BCUT2D eigenvalue weighted by Crippen LogP contribution is 2.25. The number of carbonyl (C=O) groups excluding carboxylic acids is 1. The summed E-state index contributed by atoms with van der Waals surface area (Å²) in [6.45, 7) is 1.91. The monoisotopic (exact) mass is 286 g/mol. The van der Waals surface area contributed by atoms with Crippen molar-refractivity contribution in [1.82, 2.24) is 9.88 Å². The number of aliphatic carboxylic acids is 1. The third kappa shape index (κ3) is 2.29. The molecule has 0 aliphatic carbocycles. The second-order valence-electron chi connectivity index (χ2n) is 5.03. The van der Waals surface area contributed by atoms with Crippen molar-refractivity contribution in [1.29, 1.82) is 0 Å². The number of nitrogens with zero attached hydrogens (tertiary/aromatic N) is 2. The van der Waals surface area contributed by atoms with Gasteiger partial charge in [0.1, 0.15) is 6.04 Å². The molecule has 21 heavy (non-hydrogen) atoms. The summed E-state index contributed by atoms with van der Waals surface area (Å²) in [6, 6.07) is 6.66. The third-order valence-corrected chi connectivity index (χ3v) is 3.73. The molecule has 1 atom stereocenters. The van der Waals surface area contributed by atoms with E-state index in [0.717, 1.165) is 11.1 Å². The van der Waals surface area contributed by atoms with Gasteiger partial charge in [-0.25, -0.2) is 9.78 Å². The molecule has 6 nitrogen and oxygen atoms in total. The third-order valence-electron chi connectivity index (χ3n) is 3.73. The fourth-order valence-electron chi connectivity index (χ4n) is 2.59. The van der Waals surface area contributed by atoms with Crippen LogP contribution in [0.4, 0.5) is 0 Å². The minimum atomic E-state index is -1.02. The molecule has 1 amide bonds. The van der Waals surface area contributed by atoms with Crippen LogP contribution in [-0.2, 0) is 17.8 Å². The SMILES string of the molecule is Cc1ncoc1C(=O)N1Cc2ccccc2C[C@@H]1C(=O)O. The highest BCUT2D eigenvalue weighted by molar-refractivity contribution is 5.95. The lowest BCUT2D eigenvalue weighted by Crippen LogP contribution is -2.48. The summed E-state index contributed by atoms with van der Waals surface area (Å²) in [6.07, 6.45) is 1.49. The number of hydrogen-bond acceptors (Lipinski definition) is 4. The number of rotatable bonds is 2. The van der Waals surface area contributed by atoms with Crippen LogP contribution in [0.2, 0.25) is 0 Å². The fourth-order valence-corrected chi connectivity index (χ4v) is 2.59. The number of benzene rings is 1. The first kappa shape index (κ1) is 13.4. The van der Waals surface area contributed by atoms with Crippen molar-refractivity contribution >= 4 is 11.9 Å². The number of oxazole rings is 1. The number of aromatic nitrogens is 1. The molecule has 1 N–H and O–H groups in total. The molecule has 0 saturated heterocycles. The molecular formula is C15H14N2O4. The van der Waals surface area contributed by atoms with Gasteiger partial charge in [-0.2, -0.15) is 0 Å². The number of fused-ring (bicyclic) bond motifs is 1. The molecule has 6 heteroatoms. The molecule has 1 aliphatic heterocycles. The van der Waals surface area contributed by atoms with Gasteiger partial charge in [0.25, 0.3) is 5.91 Å². The second-order valence-corrected chi connectivity index (χ2v) is 5.03. The van der Waals surface area contributed by atoms with Crippen LogP contribution in [0.15, 0.2) is 35.1 Å². The predicted molar refractivity (Wildman–Crippen MR) is 72.7 cm³/mol. The van der Waals surface area contributed by atoms with E-state index in [1.54, 1.807) is 6.92 Å². The van der Waals surface area contributed by atoms with Crippen LogP contribution in [0.3, 0.4) is 0 Å². The Morgan fingerprint density at radius 3 is 2.67 bits per heavy atom. The van der Waals surface area contributed by atoms with Gasteiger partial charge in [0, 0.05) is 13.0 Å². The maximum Gasteiger partial charge on any atom is 0.326 e. The molecule has 3 rings (SSSR count). The van der Waals surface area contributed by atoms with E-state index >= 15 is 0 Å². The Balaban J connectivity index is 1.98. The van der Waals surface area contributed by atoms with E-state index in [9.17, 15) is 14.7 Å². The van der Waals surface area contributed by atoms with E-state index in [4.69, 9.17) is 4.42 Å². The van der Waals surface area contributed by atoms with E-state index in [-0.39, 0.29) is 12.3 Å². The topological polar surface area (TPSA) is 83.6 Å². The molecule has 1 aromatic carbocycles. The second kappa shape index (κ2) is 5.05. The van der Waals surface area contributed by atoms with Crippen LogP contribution < -0.4 is 0 Å². The predicted octanol–water partition coefficient (Wildman–Crippen LogP) is 1.63. The van der Waals surface area contributed by atoms with Crippen LogP contribution in [0, 0.1) is 6.92 Å². The van der Waals surface area contributed by atoms with Gasteiger partial charge in [0.05, 0.1) is 5.69 Å². The van der Waals surface area contributed by atoms with Gasteiger partial charge < -0.3 is 14.4 Å². The summed E-state index contributed by atoms with van der Waals surface area (Å²) in [5.74, 6) is -1.36. The van der Waals surface area contributed by atoms with E-state index in [2.05, 4.69) is 4.98 Å². The van der Waals surface area contributed by atoms with Gasteiger partial charge >= 0.3 is 5.97 Å². The van der Waals surface area contributed by atoms with Gasteiger partial charge in [-0.05, 0) is 18.1 Å². The van der Waals surface area contributed by atoms with Crippen LogP contribution in [0.25, 0.3) is 0 Å². The normalized spacial score (nSPS) is 17.4. The number of amides is 1. The summed E-state index contributed by atoms with van der Waals surface area (Å²) >= 11 is 0. The molecule has 1 aliphatic rings. The van der Waals surface area contributed by atoms with Crippen molar-refractivity contribution in [2.24, 2.45) is 0 Å². The number of aryl methyl sites for hydroxylation is 1. The van der Waals surface area contributed by atoms with Crippen LogP contribution in [-0.4, -0.2) is 32.9 Å². The van der Waals surface area contributed by atoms with Crippen molar-refractivity contribution in [2.45, 2.75) is 25.9 Å². The Morgan fingerprint density at radius 2 is 2.05 bits per heavy atom. The Kier molecular flexibility index (Phi) is 3.21. The molecule has 0 radical (unpaired) electrons. The zero-order chi connectivity index (χ0) is 15.0. The van der Waals surface area contributed by atoms with Gasteiger partial charge in [0.15, 0.2) is 6.39 Å². The van der Waals surface area contributed by atoms with E-state index < -0.39 is 17.9 Å². The highest BCUT2D eigenvalue weighted by Gasteiger charge is 2.36. The lowest BCUT2D eigenvalue weighted by molar-refractivity contribution is -0.142. The first-order valence-corrected chi connectivity index (χ1v) is 6.58. The molecule has 0 bridgehead atoms. The lowest BCUT2D eigenvalue weighted by atomic mass is 9.93. The number of carbonyl (C=O) groups is 2. The standard InChI is InChI=1S/C15H14N2O4/c1-9-13(21-8-16-9)14(18)17-7-11-5-3-2-4-10(11)6-12(17)15(19)20/h2-5,8,12H,6-7H2,1H3,(H,19,20)/t12-/m1/s1. The fraction of sp³-hybridized carbons (Fsp3) is 0.267. The van der Waals surface area contributed by atoms with Gasteiger partial charge in [-0.3, -0.25) is 4.79 Å².